The maximum Gasteiger partial charge on any atom is 0.315 e. The molecule has 2 aliphatic heterocycles. The molecule has 1 unspecified atom stereocenters. The number of aromatic nitrogens is 1. The van der Waals surface area contributed by atoms with Crippen molar-refractivity contribution in [3.8, 4) is 0 Å². The van der Waals surface area contributed by atoms with Crippen molar-refractivity contribution in [1.29, 1.82) is 0 Å². The van der Waals surface area contributed by atoms with Crippen molar-refractivity contribution < 1.29 is 9.18 Å². The molecule has 0 bridgehead atoms. The standard InChI is InChI=1S/C24H32FN5O/c1-17-8-9-21(25)22(15-17)30-12-4-6-20(16-30)28-24(31)27-19-10-13-29(14-11-19)23-7-3-5-18(2)26-23/h3,5,7-9,15,19-20H,4,6,10-14,16H2,1-2H3,(H2,27,28,31). The number of aryl methyl sites for hydroxylation is 2. The number of amides is 2. The summed E-state index contributed by atoms with van der Waals surface area (Å²) < 4.78 is 14.3. The Kier molecular flexibility index (Phi) is 6.59. The third kappa shape index (κ3) is 5.46. The fraction of sp³-hybridized carbons (Fsp3) is 0.500. The largest absolute Gasteiger partial charge is 0.367 e. The molecule has 4 rings (SSSR count). The molecule has 0 radical (unpaired) electrons. The molecular formula is C24H32FN5O. The number of rotatable bonds is 4. The van der Waals surface area contributed by atoms with Gasteiger partial charge in [0, 0.05) is 44.0 Å². The zero-order valence-electron chi connectivity index (χ0n) is 18.4. The number of anilines is 2. The van der Waals surface area contributed by atoms with E-state index in [4.69, 9.17) is 0 Å². The second kappa shape index (κ2) is 9.54. The van der Waals surface area contributed by atoms with E-state index in [-0.39, 0.29) is 23.9 Å². The van der Waals surface area contributed by atoms with Gasteiger partial charge in [-0.25, -0.2) is 14.2 Å². The molecule has 0 saturated carbocycles. The SMILES string of the molecule is Cc1ccc(F)c(N2CCCC(NC(=O)NC3CCN(c4cccc(C)n4)CC3)C2)c1. The summed E-state index contributed by atoms with van der Waals surface area (Å²) in [5.41, 5.74) is 2.68. The topological polar surface area (TPSA) is 60.5 Å². The highest BCUT2D eigenvalue weighted by Crippen LogP contribution is 2.24. The number of carbonyl (C=O) groups is 1. The van der Waals surface area contributed by atoms with Gasteiger partial charge in [-0.2, -0.15) is 0 Å². The number of hydrogen-bond acceptors (Lipinski definition) is 4. The lowest BCUT2D eigenvalue weighted by Crippen LogP contribution is -2.54. The Morgan fingerprint density at radius 3 is 2.55 bits per heavy atom. The van der Waals surface area contributed by atoms with Crippen LogP contribution in [0.2, 0.25) is 0 Å². The highest BCUT2D eigenvalue weighted by molar-refractivity contribution is 5.74. The number of hydrogen-bond donors (Lipinski definition) is 2. The Morgan fingerprint density at radius 1 is 1.00 bits per heavy atom. The Balaban J connectivity index is 1.26. The van der Waals surface area contributed by atoms with Gasteiger partial charge < -0.3 is 20.4 Å². The lowest BCUT2D eigenvalue weighted by atomic mass is 10.0. The fourth-order valence-electron chi connectivity index (χ4n) is 4.55. The first kappa shape index (κ1) is 21.4. The van der Waals surface area contributed by atoms with Gasteiger partial charge in [-0.3, -0.25) is 0 Å². The quantitative estimate of drug-likeness (QED) is 0.783. The maximum absolute atomic E-state index is 14.3. The fourth-order valence-corrected chi connectivity index (χ4v) is 4.55. The van der Waals surface area contributed by atoms with Crippen molar-refractivity contribution in [2.24, 2.45) is 0 Å². The van der Waals surface area contributed by atoms with E-state index in [0.717, 1.165) is 62.4 Å². The maximum atomic E-state index is 14.3. The van der Waals surface area contributed by atoms with Crippen LogP contribution in [0.1, 0.15) is 36.9 Å². The minimum Gasteiger partial charge on any atom is -0.367 e. The molecule has 1 aromatic heterocycles. The van der Waals surface area contributed by atoms with Gasteiger partial charge in [0.1, 0.15) is 11.6 Å². The lowest BCUT2D eigenvalue weighted by Gasteiger charge is -2.36. The van der Waals surface area contributed by atoms with Crippen LogP contribution >= 0.6 is 0 Å². The van der Waals surface area contributed by atoms with Crippen LogP contribution in [0.15, 0.2) is 36.4 Å². The second-order valence-corrected chi connectivity index (χ2v) is 8.76. The van der Waals surface area contributed by atoms with Crippen LogP contribution < -0.4 is 20.4 Å². The molecule has 2 aliphatic rings. The molecular weight excluding hydrogens is 393 g/mol. The number of nitrogens with one attached hydrogen (secondary N) is 2. The number of nitrogens with zero attached hydrogens (tertiary/aromatic N) is 3. The van der Waals surface area contributed by atoms with E-state index in [0.29, 0.717) is 12.2 Å². The van der Waals surface area contributed by atoms with Gasteiger partial charge in [0.25, 0.3) is 0 Å². The smallest absolute Gasteiger partial charge is 0.315 e. The van der Waals surface area contributed by atoms with Crippen molar-refractivity contribution in [3.05, 3.63) is 53.5 Å². The monoisotopic (exact) mass is 425 g/mol. The predicted octanol–water partition coefficient (Wildman–Crippen LogP) is 3.77. The first-order chi connectivity index (χ1) is 15.0. The van der Waals surface area contributed by atoms with Crippen LogP contribution in [0, 0.1) is 19.7 Å². The zero-order valence-corrected chi connectivity index (χ0v) is 18.4. The summed E-state index contributed by atoms with van der Waals surface area (Å²) in [5.74, 6) is 0.805. The van der Waals surface area contributed by atoms with Crippen LogP contribution in [0.5, 0.6) is 0 Å². The van der Waals surface area contributed by atoms with Gasteiger partial charge in [0.15, 0.2) is 0 Å². The number of benzene rings is 1. The molecule has 7 heteroatoms. The van der Waals surface area contributed by atoms with E-state index in [2.05, 4.69) is 20.5 Å². The van der Waals surface area contributed by atoms with Crippen LogP contribution in [0.25, 0.3) is 0 Å². The van der Waals surface area contributed by atoms with E-state index in [9.17, 15) is 9.18 Å². The van der Waals surface area contributed by atoms with Gasteiger partial charge >= 0.3 is 6.03 Å². The Morgan fingerprint density at radius 2 is 1.77 bits per heavy atom. The molecule has 6 nitrogen and oxygen atoms in total. The van der Waals surface area contributed by atoms with E-state index < -0.39 is 0 Å². The van der Waals surface area contributed by atoms with Crippen LogP contribution in [0.4, 0.5) is 20.7 Å². The summed E-state index contributed by atoms with van der Waals surface area (Å²) in [4.78, 5) is 21.5. The Hall–Kier alpha value is -2.83. The third-order valence-corrected chi connectivity index (χ3v) is 6.23. The lowest BCUT2D eigenvalue weighted by molar-refractivity contribution is 0.228. The molecule has 0 spiro atoms. The van der Waals surface area contributed by atoms with Crippen molar-refractivity contribution in [2.45, 2.75) is 51.6 Å². The number of urea groups is 1. The predicted molar refractivity (Wildman–Crippen MR) is 122 cm³/mol. The van der Waals surface area contributed by atoms with Gasteiger partial charge in [-0.05, 0) is 69.4 Å². The van der Waals surface area contributed by atoms with Crippen LogP contribution in [0.3, 0.4) is 0 Å². The van der Waals surface area contributed by atoms with Gasteiger partial charge in [0.05, 0.1) is 5.69 Å². The van der Waals surface area contributed by atoms with Crippen molar-refractivity contribution in [3.63, 3.8) is 0 Å². The van der Waals surface area contributed by atoms with Crippen molar-refractivity contribution in [2.75, 3.05) is 36.0 Å². The van der Waals surface area contributed by atoms with Gasteiger partial charge in [-0.15, -0.1) is 0 Å². The van der Waals surface area contributed by atoms with E-state index in [1.165, 1.54) is 6.07 Å². The van der Waals surface area contributed by atoms with Crippen LogP contribution in [-0.2, 0) is 0 Å². The molecule has 3 heterocycles. The summed E-state index contributed by atoms with van der Waals surface area (Å²) in [6, 6.07) is 11.3. The minimum absolute atomic E-state index is 0.0187. The van der Waals surface area contributed by atoms with E-state index in [1.807, 2.05) is 43.0 Å². The van der Waals surface area contributed by atoms with Crippen molar-refractivity contribution >= 4 is 17.5 Å². The van der Waals surface area contributed by atoms with E-state index in [1.54, 1.807) is 6.07 Å². The number of pyridine rings is 1. The molecule has 0 aliphatic carbocycles. The number of halogens is 1. The molecule has 2 N–H and O–H groups in total. The summed E-state index contributed by atoms with van der Waals surface area (Å²) in [7, 11) is 0. The highest BCUT2D eigenvalue weighted by Gasteiger charge is 2.26. The minimum atomic E-state index is -0.203. The molecule has 2 saturated heterocycles. The summed E-state index contributed by atoms with van der Waals surface area (Å²) >= 11 is 0. The Labute approximate surface area is 183 Å². The first-order valence-electron chi connectivity index (χ1n) is 11.2. The number of piperidine rings is 2. The van der Waals surface area contributed by atoms with Gasteiger partial charge in [-0.1, -0.05) is 12.1 Å². The Bertz CT molecular complexity index is 913. The molecule has 2 aromatic rings. The van der Waals surface area contributed by atoms with Crippen LogP contribution in [-0.4, -0.2) is 49.3 Å². The molecule has 31 heavy (non-hydrogen) atoms. The van der Waals surface area contributed by atoms with Crippen molar-refractivity contribution in [1.82, 2.24) is 15.6 Å². The average Bonchev–Trinajstić information content (AvgIpc) is 2.76. The van der Waals surface area contributed by atoms with Gasteiger partial charge in [0.2, 0.25) is 0 Å². The highest BCUT2D eigenvalue weighted by atomic mass is 19.1. The van der Waals surface area contributed by atoms with E-state index >= 15 is 0 Å². The second-order valence-electron chi connectivity index (χ2n) is 8.76. The average molecular weight is 426 g/mol. The first-order valence-corrected chi connectivity index (χ1v) is 11.2. The third-order valence-electron chi connectivity index (χ3n) is 6.23. The molecule has 1 aromatic carbocycles. The summed E-state index contributed by atoms with van der Waals surface area (Å²) in [5, 5.41) is 6.25. The molecule has 2 fully saturated rings. The molecule has 2 amide bonds. The number of carbonyl (C=O) groups excluding carboxylic acids is 1. The summed E-state index contributed by atoms with van der Waals surface area (Å²) in [6.45, 7) is 7.17. The summed E-state index contributed by atoms with van der Waals surface area (Å²) in [6.07, 6.45) is 3.64. The zero-order chi connectivity index (χ0) is 21.8. The normalized spacial score (nSPS) is 19.9. The molecule has 1 atom stereocenters. The molecule has 166 valence electrons.